The van der Waals surface area contributed by atoms with E-state index in [2.05, 4.69) is 4.40 Å². The molecule has 0 spiro atoms. The topological polar surface area (TPSA) is 89.6 Å². The predicted molar refractivity (Wildman–Crippen MR) is 63.6 cm³/mol. The zero-order chi connectivity index (χ0) is 13.1. The first-order valence-corrected chi connectivity index (χ1v) is 6.32. The van der Waals surface area contributed by atoms with Crippen LogP contribution in [0, 0.1) is 16.0 Å². The van der Waals surface area contributed by atoms with Crippen molar-refractivity contribution in [3.05, 3.63) is 34.4 Å². The number of sulfonamides is 1. The minimum Gasteiger partial charge on any atom is -0.258 e. The van der Waals surface area contributed by atoms with Gasteiger partial charge in [-0.05, 0) is 18.1 Å². The maximum atomic E-state index is 11.7. The Kier molecular flexibility index (Phi) is 3.95. The van der Waals surface area contributed by atoms with E-state index in [1.165, 1.54) is 18.3 Å². The average molecular weight is 256 g/mol. The van der Waals surface area contributed by atoms with Crippen molar-refractivity contribution in [1.82, 2.24) is 0 Å². The molecule has 0 N–H and O–H groups in total. The summed E-state index contributed by atoms with van der Waals surface area (Å²) in [6, 6.07) is 4.62. The van der Waals surface area contributed by atoms with Crippen LogP contribution < -0.4 is 0 Å². The second kappa shape index (κ2) is 5.05. The van der Waals surface area contributed by atoms with E-state index in [4.69, 9.17) is 0 Å². The first kappa shape index (κ1) is 13.3. The normalized spacial score (nSPS) is 12.2. The van der Waals surface area contributed by atoms with Crippen LogP contribution >= 0.6 is 0 Å². The fraction of sp³-hybridized carbons (Fsp3) is 0.300. The van der Waals surface area contributed by atoms with Gasteiger partial charge in [-0.3, -0.25) is 10.1 Å². The van der Waals surface area contributed by atoms with Crippen molar-refractivity contribution in [2.24, 2.45) is 10.3 Å². The van der Waals surface area contributed by atoms with Crippen LogP contribution in [0.1, 0.15) is 13.8 Å². The quantitative estimate of drug-likeness (QED) is 0.468. The highest BCUT2D eigenvalue weighted by Gasteiger charge is 2.13. The van der Waals surface area contributed by atoms with Crippen molar-refractivity contribution >= 4 is 21.9 Å². The molecule has 6 nitrogen and oxygen atoms in total. The lowest BCUT2D eigenvalue weighted by atomic mass is 10.3. The Bertz CT molecular complexity index is 532. The van der Waals surface area contributed by atoms with E-state index in [1.807, 2.05) is 0 Å². The molecule has 0 bridgehead atoms. The smallest absolute Gasteiger partial charge is 0.258 e. The van der Waals surface area contributed by atoms with Gasteiger partial charge in [-0.1, -0.05) is 13.8 Å². The highest BCUT2D eigenvalue weighted by Crippen LogP contribution is 2.17. The molecule has 0 aliphatic heterocycles. The van der Waals surface area contributed by atoms with Crippen LogP contribution in [0.15, 0.2) is 33.6 Å². The van der Waals surface area contributed by atoms with Crippen molar-refractivity contribution in [2.75, 3.05) is 0 Å². The van der Waals surface area contributed by atoms with Crippen molar-refractivity contribution in [1.29, 1.82) is 0 Å². The van der Waals surface area contributed by atoms with Crippen LogP contribution in [-0.2, 0) is 10.0 Å². The predicted octanol–water partition coefficient (Wildman–Crippen LogP) is 2.01. The van der Waals surface area contributed by atoms with Crippen molar-refractivity contribution in [2.45, 2.75) is 18.7 Å². The lowest BCUT2D eigenvalue weighted by Crippen LogP contribution is -2.00. The molecule has 0 saturated heterocycles. The number of hydrogen-bond donors (Lipinski definition) is 0. The second-order valence-electron chi connectivity index (χ2n) is 3.72. The standard InChI is InChI=1S/C10H12N2O4S/c1-8(2)7-11-17(15,16)10-5-3-9(4-6-10)12(13)14/h3-8H,1-2H3. The van der Waals surface area contributed by atoms with E-state index in [0.29, 0.717) is 0 Å². The number of nitro benzene ring substituents is 1. The van der Waals surface area contributed by atoms with Gasteiger partial charge < -0.3 is 0 Å². The Morgan fingerprint density at radius 2 is 1.82 bits per heavy atom. The van der Waals surface area contributed by atoms with E-state index in [-0.39, 0.29) is 16.5 Å². The second-order valence-corrected chi connectivity index (χ2v) is 5.36. The Morgan fingerprint density at radius 3 is 2.24 bits per heavy atom. The lowest BCUT2D eigenvalue weighted by molar-refractivity contribution is -0.384. The number of benzene rings is 1. The zero-order valence-corrected chi connectivity index (χ0v) is 10.2. The highest BCUT2D eigenvalue weighted by molar-refractivity contribution is 7.90. The minimum absolute atomic E-state index is 0.0165. The molecule has 7 heteroatoms. The summed E-state index contributed by atoms with van der Waals surface area (Å²) in [6.07, 6.45) is 1.32. The van der Waals surface area contributed by atoms with Gasteiger partial charge in [-0.25, -0.2) is 0 Å². The largest absolute Gasteiger partial charge is 0.281 e. The van der Waals surface area contributed by atoms with Crippen LogP contribution in [0.25, 0.3) is 0 Å². The summed E-state index contributed by atoms with van der Waals surface area (Å²) in [5.41, 5.74) is -0.156. The summed E-state index contributed by atoms with van der Waals surface area (Å²) >= 11 is 0. The molecule has 0 aliphatic rings. The van der Waals surface area contributed by atoms with E-state index in [9.17, 15) is 18.5 Å². The summed E-state index contributed by atoms with van der Waals surface area (Å²) in [5, 5.41) is 10.4. The van der Waals surface area contributed by atoms with Crippen LogP contribution in [0.2, 0.25) is 0 Å². The molecular weight excluding hydrogens is 244 g/mol. The molecule has 92 valence electrons. The number of rotatable bonds is 4. The lowest BCUT2D eigenvalue weighted by Gasteiger charge is -1.99. The molecule has 0 unspecified atom stereocenters. The number of nitro groups is 1. The first-order valence-electron chi connectivity index (χ1n) is 4.88. The van der Waals surface area contributed by atoms with Crippen LogP contribution in [0.5, 0.6) is 0 Å². The van der Waals surface area contributed by atoms with Crippen LogP contribution in [0.4, 0.5) is 5.69 Å². The minimum atomic E-state index is -3.75. The molecular formula is C10H12N2O4S. The van der Waals surface area contributed by atoms with E-state index in [1.54, 1.807) is 13.8 Å². The molecule has 0 atom stereocenters. The maximum Gasteiger partial charge on any atom is 0.281 e. The van der Waals surface area contributed by atoms with E-state index >= 15 is 0 Å². The molecule has 1 aromatic carbocycles. The Hall–Kier alpha value is -1.76. The fourth-order valence-electron chi connectivity index (χ4n) is 1.00. The Labute approximate surface area is 99.2 Å². The summed E-state index contributed by atoms with van der Waals surface area (Å²) in [4.78, 5) is 9.76. The van der Waals surface area contributed by atoms with Gasteiger partial charge in [0.05, 0.1) is 9.82 Å². The number of nitrogens with zero attached hydrogens (tertiary/aromatic N) is 2. The monoisotopic (exact) mass is 256 g/mol. The molecule has 1 rings (SSSR count). The third-order valence-corrected chi connectivity index (χ3v) is 3.11. The van der Waals surface area contributed by atoms with Gasteiger partial charge in [0.15, 0.2) is 0 Å². The van der Waals surface area contributed by atoms with Crippen LogP contribution in [0.3, 0.4) is 0 Å². The molecule has 1 aromatic rings. The van der Waals surface area contributed by atoms with Crippen molar-refractivity contribution < 1.29 is 13.3 Å². The number of non-ortho nitro benzene ring substituents is 1. The van der Waals surface area contributed by atoms with Crippen molar-refractivity contribution in [3.8, 4) is 0 Å². The van der Waals surface area contributed by atoms with E-state index in [0.717, 1.165) is 12.1 Å². The fourth-order valence-corrected chi connectivity index (χ4v) is 2.01. The van der Waals surface area contributed by atoms with Gasteiger partial charge in [0, 0.05) is 18.3 Å². The van der Waals surface area contributed by atoms with Gasteiger partial charge in [0.1, 0.15) is 0 Å². The van der Waals surface area contributed by atoms with E-state index < -0.39 is 14.9 Å². The molecule has 0 radical (unpaired) electrons. The van der Waals surface area contributed by atoms with Crippen LogP contribution in [-0.4, -0.2) is 19.6 Å². The molecule has 0 fully saturated rings. The molecule has 0 saturated carbocycles. The highest BCUT2D eigenvalue weighted by atomic mass is 32.2. The van der Waals surface area contributed by atoms with Gasteiger partial charge >= 0.3 is 0 Å². The van der Waals surface area contributed by atoms with Gasteiger partial charge in [-0.2, -0.15) is 12.8 Å². The third kappa shape index (κ3) is 3.63. The van der Waals surface area contributed by atoms with Gasteiger partial charge in [0.25, 0.3) is 15.7 Å². The summed E-state index contributed by atoms with van der Waals surface area (Å²) in [7, 11) is -3.75. The molecule has 17 heavy (non-hydrogen) atoms. The van der Waals surface area contributed by atoms with Gasteiger partial charge in [-0.15, -0.1) is 0 Å². The maximum absolute atomic E-state index is 11.7. The zero-order valence-electron chi connectivity index (χ0n) is 9.40. The summed E-state index contributed by atoms with van der Waals surface area (Å²) in [5.74, 6) is 0.0165. The third-order valence-electron chi connectivity index (χ3n) is 1.84. The summed E-state index contributed by atoms with van der Waals surface area (Å²) in [6.45, 7) is 3.60. The average Bonchev–Trinajstić information content (AvgIpc) is 2.27. The first-order chi connectivity index (χ1) is 7.83. The molecule has 0 aliphatic carbocycles. The Morgan fingerprint density at radius 1 is 1.29 bits per heavy atom. The number of hydrogen-bond acceptors (Lipinski definition) is 4. The molecule has 0 aromatic heterocycles. The SMILES string of the molecule is CC(C)C=NS(=O)(=O)c1ccc([N+](=O)[O-])cc1. The summed E-state index contributed by atoms with van der Waals surface area (Å²) < 4.78 is 26.8. The molecule has 0 heterocycles. The molecule has 0 amide bonds. The van der Waals surface area contributed by atoms with Gasteiger partial charge in [0.2, 0.25) is 0 Å². The van der Waals surface area contributed by atoms with Crippen molar-refractivity contribution in [3.63, 3.8) is 0 Å². The Balaban J connectivity index is 3.05.